The van der Waals surface area contributed by atoms with Crippen LogP contribution in [0.3, 0.4) is 0 Å². The summed E-state index contributed by atoms with van der Waals surface area (Å²) in [6.07, 6.45) is 1.59. The minimum Gasteiger partial charge on any atom is -0.392 e. The van der Waals surface area contributed by atoms with Gasteiger partial charge in [0.1, 0.15) is 5.69 Å². The van der Waals surface area contributed by atoms with Gasteiger partial charge >= 0.3 is 0 Å². The van der Waals surface area contributed by atoms with Crippen LogP contribution in [-0.4, -0.2) is 35.8 Å². The lowest BCUT2D eigenvalue weighted by atomic mass is 10.2. The highest BCUT2D eigenvalue weighted by Crippen LogP contribution is 2.32. The predicted octanol–water partition coefficient (Wildman–Crippen LogP) is 2.62. The van der Waals surface area contributed by atoms with Crippen LogP contribution < -0.4 is 5.32 Å². The molecule has 2 N–H and O–H groups in total. The zero-order chi connectivity index (χ0) is 18.7. The summed E-state index contributed by atoms with van der Waals surface area (Å²) < 4.78 is 26.6. The first-order chi connectivity index (χ1) is 12.4. The Morgan fingerprint density at radius 2 is 1.88 bits per heavy atom. The van der Waals surface area contributed by atoms with Crippen LogP contribution in [-0.2, 0) is 16.6 Å². The molecule has 9 heteroatoms. The van der Waals surface area contributed by atoms with Crippen molar-refractivity contribution < 1.29 is 18.4 Å². The molecule has 26 heavy (non-hydrogen) atoms. The van der Waals surface area contributed by atoms with E-state index in [-0.39, 0.29) is 22.9 Å². The zero-order valence-corrected chi connectivity index (χ0v) is 14.8. The number of rotatable bonds is 6. The molecule has 8 nitrogen and oxygen atoms in total. The van der Waals surface area contributed by atoms with E-state index >= 15 is 0 Å². The summed E-state index contributed by atoms with van der Waals surface area (Å²) in [6.45, 7) is 0.721. The van der Waals surface area contributed by atoms with Crippen molar-refractivity contribution in [3.8, 4) is 0 Å². The van der Waals surface area contributed by atoms with E-state index in [0.717, 1.165) is 18.9 Å². The molecule has 0 aliphatic carbocycles. The molecular weight excluding hydrogens is 358 g/mol. The summed E-state index contributed by atoms with van der Waals surface area (Å²) in [4.78, 5) is 10.8. The second kappa shape index (κ2) is 7.40. The number of aliphatic hydroxyl groups excluding tert-OH is 1. The minimum absolute atomic E-state index is 0.0826. The SMILES string of the molecule is O=[N+]([O-])c1cc(S(=O)(=O)N2CCCC2)ccc1Nc1cccc(CO)c1. The van der Waals surface area contributed by atoms with Gasteiger partial charge in [0, 0.05) is 24.8 Å². The van der Waals surface area contributed by atoms with E-state index < -0.39 is 14.9 Å². The Hall–Kier alpha value is -2.49. The van der Waals surface area contributed by atoms with Crippen molar-refractivity contribution >= 4 is 27.1 Å². The van der Waals surface area contributed by atoms with Crippen molar-refractivity contribution in [3.05, 3.63) is 58.1 Å². The normalized spacial score (nSPS) is 15.1. The minimum atomic E-state index is -3.73. The van der Waals surface area contributed by atoms with Gasteiger partial charge in [0.2, 0.25) is 10.0 Å². The molecule has 1 saturated heterocycles. The average Bonchev–Trinajstić information content (AvgIpc) is 3.17. The van der Waals surface area contributed by atoms with Crippen molar-refractivity contribution in [2.45, 2.75) is 24.3 Å². The van der Waals surface area contributed by atoms with Gasteiger partial charge in [-0.05, 0) is 42.7 Å². The van der Waals surface area contributed by atoms with Crippen LogP contribution in [0.25, 0.3) is 0 Å². The van der Waals surface area contributed by atoms with Crippen molar-refractivity contribution in [2.75, 3.05) is 18.4 Å². The monoisotopic (exact) mass is 377 g/mol. The molecule has 0 radical (unpaired) electrons. The molecular formula is C17H19N3O5S. The molecule has 0 bridgehead atoms. The molecule has 138 valence electrons. The Balaban J connectivity index is 1.95. The lowest BCUT2D eigenvalue weighted by Crippen LogP contribution is -2.27. The standard InChI is InChI=1S/C17H19N3O5S/c21-12-13-4-3-5-14(10-13)18-16-7-6-15(11-17(16)20(22)23)26(24,25)19-8-1-2-9-19/h3-7,10-11,18,21H,1-2,8-9,12H2. The van der Waals surface area contributed by atoms with Gasteiger partial charge in [-0.15, -0.1) is 0 Å². The van der Waals surface area contributed by atoms with Gasteiger partial charge in [-0.3, -0.25) is 10.1 Å². The molecule has 0 unspecified atom stereocenters. The topological polar surface area (TPSA) is 113 Å². The number of hydrogen-bond acceptors (Lipinski definition) is 6. The number of sulfonamides is 1. The lowest BCUT2D eigenvalue weighted by Gasteiger charge is -2.16. The molecule has 1 aliphatic heterocycles. The lowest BCUT2D eigenvalue weighted by molar-refractivity contribution is -0.384. The fourth-order valence-electron chi connectivity index (χ4n) is 2.91. The van der Waals surface area contributed by atoms with E-state index in [9.17, 15) is 23.6 Å². The van der Waals surface area contributed by atoms with E-state index in [1.54, 1.807) is 24.3 Å². The van der Waals surface area contributed by atoms with Crippen LogP contribution in [0.5, 0.6) is 0 Å². The summed E-state index contributed by atoms with van der Waals surface area (Å²) in [5.41, 5.74) is 1.09. The maximum absolute atomic E-state index is 12.6. The Morgan fingerprint density at radius 3 is 2.54 bits per heavy atom. The van der Waals surface area contributed by atoms with Crippen LogP contribution in [0.4, 0.5) is 17.1 Å². The molecule has 0 aromatic heterocycles. The summed E-state index contributed by atoms with van der Waals surface area (Å²) in [6, 6.07) is 10.7. The zero-order valence-electron chi connectivity index (χ0n) is 14.0. The third-order valence-corrected chi connectivity index (χ3v) is 6.15. The Morgan fingerprint density at radius 1 is 1.15 bits per heavy atom. The number of nitro groups is 1. The van der Waals surface area contributed by atoms with E-state index in [1.165, 1.54) is 16.4 Å². The van der Waals surface area contributed by atoms with Gasteiger partial charge in [-0.25, -0.2) is 8.42 Å². The van der Waals surface area contributed by atoms with Crippen LogP contribution >= 0.6 is 0 Å². The number of aliphatic hydroxyl groups is 1. The molecule has 0 amide bonds. The van der Waals surface area contributed by atoms with Gasteiger partial charge in [0.15, 0.2) is 0 Å². The van der Waals surface area contributed by atoms with E-state index in [0.29, 0.717) is 24.3 Å². The first-order valence-electron chi connectivity index (χ1n) is 8.17. The van der Waals surface area contributed by atoms with E-state index in [1.807, 2.05) is 0 Å². The quantitative estimate of drug-likeness (QED) is 0.591. The second-order valence-corrected chi connectivity index (χ2v) is 7.97. The number of nitrogens with one attached hydrogen (secondary N) is 1. The molecule has 0 atom stereocenters. The third kappa shape index (κ3) is 3.69. The van der Waals surface area contributed by atoms with Crippen molar-refractivity contribution in [1.82, 2.24) is 4.31 Å². The number of benzene rings is 2. The molecule has 1 fully saturated rings. The predicted molar refractivity (Wildman–Crippen MR) is 96.7 cm³/mol. The van der Waals surface area contributed by atoms with Crippen molar-refractivity contribution in [2.24, 2.45) is 0 Å². The Bertz CT molecular complexity index is 924. The molecule has 0 saturated carbocycles. The largest absolute Gasteiger partial charge is 0.392 e. The first-order valence-corrected chi connectivity index (χ1v) is 9.61. The van der Waals surface area contributed by atoms with Gasteiger partial charge in [-0.1, -0.05) is 12.1 Å². The van der Waals surface area contributed by atoms with Gasteiger partial charge in [-0.2, -0.15) is 4.31 Å². The number of hydrogen-bond donors (Lipinski definition) is 2. The van der Waals surface area contributed by atoms with Gasteiger partial charge < -0.3 is 10.4 Å². The fourth-order valence-corrected chi connectivity index (χ4v) is 4.45. The molecule has 3 rings (SSSR count). The first kappa shape index (κ1) is 18.3. The molecule has 2 aromatic rings. The third-order valence-electron chi connectivity index (χ3n) is 4.26. The average molecular weight is 377 g/mol. The van der Waals surface area contributed by atoms with Crippen molar-refractivity contribution in [3.63, 3.8) is 0 Å². The second-order valence-electron chi connectivity index (χ2n) is 6.03. The Kier molecular flexibility index (Phi) is 5.21. The van der Waals surface area contributed by atoms with Crippen LogP contribution in [0, 0.1) is 10.1 Å². The van der Waals surface area contributed by atoms with E-state index in [2.05, 4.69) is 5.32 Å². The van der Waals surface area contributed by atoms with Crippen molar-refractivity contribution in [1.29, 1.82) is 0 Å². The highest BCUT2D eigenvalue weighted by Gasteiger charge is 2.29. The smallest absolute Gasteiger partial charge is 0.294 e. The molecule has 0 spiro atoms. The highest BCUT2D eigenvalue weighted by atomic mass is 32.2. The summed E-state index contributed by atoms with van der Waals surface area (Å²) in [5.74, 6) is 0. The number of anilines is 2. The summed E-state index contributed by atoms with van der Waals surface area (Å²) >= 11 is 0. The van der Waals surface area contributed by atoms with Gasteiger partial charge in [0.25, 0.3) is 5.69 Å². The van der Waals surface area contributed by atoms with E-state index in [4.69, 9.17) is 0 Å². The molecule has 1 heterocycles. The van der Waals surface area contributed by atoms with Gasteiger partial charge in [0.05, 0.1) is 16.4 Å². The summed E-state index contributed by atoms with van der Waals surface area (Å²) in [7, 11) is -3.73. The molecule has 1 aliphatic rings. The summed E-state index contributed by atoms with van der Waals surface area (Å²) in [5, 5.41) is 23.6. The van der Waals surface area contributed by atoms with Crippen LogP contribution in [0.15, 0.2) is 47.4 Å². The number of nitrogens with zero attached hydrogens (tertiary/aromatic N) is 2. The Labute approximate surface area is 151 Å². The maximum atomic E-state index is 12.6. The van der Waals surface area contributed by atoms with Crippen LogP contribution in [0.1, 0.15) is 18.4 Å². The molecule has 2 aromatic carbocycles. The van der Waals surface area contributed by atoms with Crippen LogP contribution in [0.2, 0.25) is 0 Å². The number of nitro benzene ring substituents is 1. The maximum Gasteiger partial charge on any atom is 0.294 e. The fraction of sp³-hybridized carbons (Fsp3) is 0.294. The highest BCUT2D eigenvalue weighted by molar-refractivity contribution is 7.89.